The van der Waals surface area contributed by atoms with Gasteiger partial charge in [-0.05, 0) is 75.2 Å². The first-order valence-electron chi connectivity index (χ1n) is 9.17. The van der Waals surface area contributed by atoms with Gasteiger partial charge < -0.3 is 10.1 Å². The van der Waals surface area contributed by atoms with Crippen molar-refractivity contribution in [3.63, 3.8) is 0 Å². The highest BCUT2D eigenvalue weighted by Crippen LogP contribution is 2.31. The number of ether oxygens (including phenoxy) is 1. The molecule has 1 saturated carbocycles. The Bertz CT molecular complexity index is 671. The van der Waals surface area contributed by atoms with E-state index in [1.165, 1.54) is 12.5 Å². The molecule has 7 heteroatoms. The average Bonchev–Trinajstić information content (AvgIpc) is 2.55. The first-order valence-corrected chi connectivity index (χ1v) is 11.0. The third-order valence-corrected chi connectivity index (χ3v) is 6.86. The highest BCUT2D eigenvalue weighted by atomic mass is 35.5. The maximum Gasteiger partial charge on any atom is 0.244 e. The third-order valence-electron chi connectivity index (χ3n) is 5.14. The van der Waals surface area contributed by atoms with E-state index in [0.717, 1.165) is 45.2 Å². The van der Waals surface area contributed by atoms with E-state index in [4.69, 9.17) is 16.3 Å². The van der Waals surface area contributed by atoms with Crippen molar-refractivity contribution in [1.82, 2.24) is 10.0 Å². The van der Waals surface area contributed by atoms with Crippen LogP contribution in [0, 0.1) is 11.8 Å². The van der Waals surface area contributed by atoms with Gasteiger partial charge in [0.2, 0.25) is 10.0 Å². The van der Waals surface area contributed by atoms with Gasteiger partial charge in [-0.1, -0.05) is 18.0 Å². The molecule has 0 radical (unpaired) electrons. The lowest BCUT2D eigenvalue weighted by Gasteiger charge is -2.25. The summed E-state index contributed by atoms with van der Waals surface area (Å²) in [6.07, 6.45) is 6.70. The van der Waals surface area contributed by atoms with Crippen molar-refractivity contribution in [3.05, 3.63) is 23.2 Å². The summed E-state index contributed by atoms with van der Waals surface area (Å²) in [5.41, 5.74) is 0. The fourth-order valence-corrected chi connectivity index (χ4v) is 4.78. The van der Waals surface area contributed by atoms with Crippen LogP contribution in [0.25, 0.3) is 0 Å². The summed E-state index contributed by atoms with van der Waals surface area (Å²) in [6, 6.07) is 4.80. The number of hydrogen-bond donors (Lipinski definition) is 2. The highest BCUT2D eigenvalue weighted by molar-refractivity contribution is 7.89. The van der Waals surface area contributed by atoms with Crippen LogP contribution in [0.5, 0.6) is 5.75 Å². The van der Waals surface area contributed by atoms with Crippen molar-refractivity contribution < 1.29 is 13.2 Å². The molecule has 1 heterocycles. The monoisotopic (exact) mass is 386 g/mol. The number of sulfonamides is 1. The van der Waals surface area contributed by atoms with Crippen LogP contribution in [0.15, 0.2) is 23.1 Å². The number of piperidine rings is 1. The van der Waals surface area contributed by atoms with Gasteiger partial charge in [0.25, 0.3) is 0 Å². The van der Waals surface area contributed by atoms with Crippen LogP contribution in [-0.2, 0) is 10.0 Å². The second-order valence-electron chi connectivity index (χ2n) is 7.10. The highest BCUT2D eigenvalue weighted by Gasteiger charge is 2.23. The zero-order valence-corrected chi connectivity index (χ0v) is 16.0. The molecule has 25 heavy (non-hydrogen) atoms. The van der Waals surface area contributed by atoms with Gasteiger partial charge in [-0.25, -0.2) is 13.1 Å². The Morgan fingerprint density at radius 3 is 2.68 bits per heavy atom. The van der Waals surface area contributed by atoms with Gasteiger partial charge in [-0.2, -0.15) is 0 Å². The Balaban J connectivity index is 1.61. The fraction of sp³-hybridized carbons (Fsp3) is 0.667. The molecule has 5 nitrogen and oxygen atoms in total. The van der Waals surface area contributed by atoms with Crippen LogP contribution >= 0.6 is 11.6 Å². The lowest BCUT2D eigenvalue weighted by atomic mass is 9.86. The molecule has 140 valence electrons. The minimum atomic E-state index is -3.63. The lowest BCUT2D eigenvalue weighted by molar-refractivity contribution is 0.177. The molecule has 1 saturated heterocycles. The third kappa shape index (κ3) is 5.33. The molecule has 0 amide bonds. The van der Waals surface area contributed by atoms with Gasteiger partial charge in [-0.3, -0.25) is 0 Å². The number of nitrogens with one attached hydrogen (secondary N) is 2. The van der Waals surface area contributed by atoms with E-state index in [1.54, 1.807) is 12.1 Å². The second-order valence-corrected chi connectivity index (χ2v) is 9.27. The van der Waals surface area contributed by atoms with E-state index in [0.29, 0.717) is 35.8 Å². The quantitative estimate of drug-likeness (QED) is 0.720. The molecule has 0 spiro atoms. The Kier molecular flexibility index (Phi) is 6.61. The van der Waals surface area contributed by atoms with Crippen molar-refractivity contribution >= 4 is 21.6 Å². The summed E-state index contributed by atoms with van der Waals surface area (Å²) >= 11 is 6.02. The van der Waals surface area contributed by atoms with Crippen LogP contribution in [0.3, 0.4) is 0 Å². The molecule has 1 atom stereocenters. The van der Waals surface area contributed by atoms with Gasteiger partial charge in [0.15, 0.2) is 0 Å². The van der Waals surface area contributed by atoms with Crippen LogP contribution in [0.1, 0.15) is 38.5 Å². The van der Waals surface area contributed by atoms with E-state index < -0.39 is 10.0 Å². The molecule has 1 aromatic carbocycles. The molecule has 2 N–H and O–H groups in total. The van der Waals surface area contributed by atoms with Gasteiger partial charge >= 0.3 is 0 Å². The Morgan fingerprint density at radius 2 is 2.00 bits per heavy atom. The summed E-state index contributed by atoms with van der Waals surface area (Å²) < 4.78 is 33.9. The van der Waals surface area contributed by atoms with Crippen molar-refractivity contribution in [1.29, 1.82) is 0 Å². The van der Waals surface area contributed by atoms with Crippen LogP contribution < -0.4 is 14.8 Å². The van der Waals surface area contributed by atoms with Crippen molar-refractivity contribution in [2.45, 2.75) is 43.4 Å². The number of halogens is 1. The summed E-state index contributed by atoms with van der Waals surface area (Å²) in [7, 11) is -3.63. The van der Waals surface area contributed by atoms with Crippen molar-refractivity contribution in [2.75, 3.05) is 26.2 Å². The van der Waals surface area contributed by atoms with Crippen LogP contribution in [-0.4, -0.2) is 34.7 Å². The zero-order valence-electron chi connectivity index (χ0n) is 14.5. The van der Waals surface area contributed by atoms with Gasteiger partial charge in [0.1, 0.15) is 10.6 Å². The molecule has 2 aliphatic rings. The van der Waals surface area contributed by atoms with E-state index in [-0.39, 0.29) is 4.90 Å². The molecular formula is C18H27ClN2O3S. The number of benzene rings is 1. The molecule has 1 aromatic rings. The van der Waals surface area contributed by atoms with Gasteiger partial charge in [-0.15, -0.1) is 0 Å². The van der Waals surface area contributed by atoms with Crippen LogP contribution in [0.2, 0.25) is 5.02 Å². The number of hydrogen-bond acceptors (Lipinski definition) is 4. The zero-order chi connectivity index (χ0) is 17.7. The summed E-state index contributed by atoms with van der Waals surface area (Å²) in [5, 5.41) is 3.75. The van der Waals surface area contributed by atoms with Gasteiger partial charge in [0, 0.05) is 11.6 Å². The lowest BCUT2D eigenvalue weighted by Crippen LogP contribution is -2.33. The topological polar surface area (TPSA) is 67.4 Å². The van der Waals surface area contributed by atoms with E-state index >= 15 is 0 Å². The standard InChI is InChI=1S/C18H27ClN2O3S/c19-16-6-7-17(24-13-15-3-1-4-15)18(11-16)25(22,23)21-10-8-14-5-2-9-20-12-14/h6-7,11,14-15,20-21H,1-5,8-10,12-13H2. The first-order chi connectivity index (χ1) is 12.0. The second kappa shape index (κ2) is 8.71. The predicted octanol–water partition coefficient (Wildman–Crippen LogP) is 3.19. The minimum Gasteiger partial charge on any atom is -0.492 e. The van der Waals surface area contributed by atoms with E-state index in [2.05, 4.69) is 10.0 Å². The summed E-state index contributed by atoms with van der Waals surface area (Å²) in [4.78, 5) is 0.140. The molecule has 0 bridgehead atoms. The maximum absolute atomic E-state index is 12.7. The summed E-state index contributed by atoms with van der Waals surface area (Å²) in [5.74, 6) is 1.46. The molecule has 2 fully saturated rings. The van der Waals surface area contributed by atoms with E-state index in [9.17, 15) is 8.42 Å². The largest absolute Gasteiger partial charge is 0.492 e. The van der Waals surface area contributed by atoms with Crippen molar-refractivity contribution in [3.8, 4) is 5.75 Å². The normalized spacial score (nSPS) is 21.7. The Labute approximate surface area is 155 Å². The van der Waals surface area contributed by atoms with Crippen LogP contribution in [0.4, 0.5) is 0 Å². The minimum absolute atomic E-state index is 0.140. The van der Waals surface area contributed by atoms with Gasteiger partial charge in [0.05, 0.1) is 6.61 Å². The first kappa shape index (κ1) is 19.0. The SMILES string of the molecule is O=S(=O)(NCCC1CCCNC1)c1cc(Cl)ccc1OCC1CCC1. The molecular weight excluding hydrogens is 360 g/mol. The van der Waals surface area contributed by atoms with Crippen molar-refractivity contribution in [2.24, 2.45) is 11.8 Å². The number of rotatable bonds is 8. The predicted molar refractivity (Wildman–Crippen MR) is 99.7 cm³/mol. The molecule has 1 aliphatic carbocycles. The Morgan fingerprint density at radius 1 is 1.20 bits per heavy atom. The maximum atomic E-state index is 12.7. The molecule has 3 rings (SSSR count). The summed E-state index contributed by atoms with van der Waals surface area (Å²) in [6.45, 7) is 3.03. The Hall–Kier alpha value is -0.820. The van der Waals surface area contributed by atoms with E-state index in [1.807, 2.05) is 0 Å². The molecule has 1 unspecified atom stereocenters. The molecule has 1 aliphatic heterocycles. The smallest absolute Gasteiger partial charge is 0.244 e. The average molecular weight is 387 g/mol. The molecule has 0 aromatic heterocycles. The fourth-order valence-electron chi connectivity index (χ4n) is 3.32.